The fourth-order valence-corrected chi connectivity index (χ4v) is 4.70. The largest absolute Gasteiger partial charge is 0.473 e. The third-order valence-electron chi connectivity index (χ3n) is 6.24. The third kappa shape index (κ3) is 4.17. The first-order chi connectivity index (χ1) is 12.7. The van der Waals surface area contributed by atoms with E-state index in [9.17, 15) is 4.79 Å². The van der Waals surface area contributed by atoms with E-state index in [-0.39, 0.29) is 11.7 Å². The molecule has 6 heteroatoms. The molecular weight excluding hydrogens is 330 g/mol. The molecule has 1 atom stereocenters. The zero-order valence-corrected chi connectivity index (χ0v) is 15.4. The van der Waals surface area contributed by atoms with Crippen LogP contribution in [0.25, 0.3) is 0 Å². The Morgan fingerprint density at radius 3 is 2.77 bits per heavy atom. The van der Waals surface area contributed by atoms with Crippen molar-refractivity contribution in [3.05, 3.63) is 18.6 Å². The highest BCUT2D eigenvalue weighted by Gasteiger charge is 2.42. The molecule has 1 spiro atoms. The van der Waals surface area contributed by atoms with Crippen molar-refractivity contribution in [1.29, 1.82) is 0 Å². The van der Waals surface area contributed by atoms with Gasteiger partial charge in [-0.25, -0.2) is 4.98 Å². The van der Waals surface area contributed by atoms with Crippen LogP contribution in [0.2, 0.25) is 0 Å². The molecule has 26 heavy (non-hydrogen) atoms. The molecule has 1 saturated carbocycles. The molecule has 2 saturated heterocycles. The summed E-state index contributed by atoms with van der Waals surface area (Å²) in [7, 11) is 0. The number of hydrogen-bond donors (Lipinski definition) is 0. The number of amides is 1. The SMILES string of the molecule is O=C(CC1CCCC1)N1CCC2(CC1)CC(Oc1cnccn1)CCO2. The van der Waals surface area contributed by atoms with Crippen molar-refractivity contribution >= 4 is 5.91 Å². The van der Waals surface area contributed by atoms with Gasteiger partial charge in [-0.15, -0.1) is 0 Å². The number of carbonyl (C=O) groups is 1. The Morgan fingerprint density at radius 1 is 1.23 bits per heavy atom. The highest BCUT2D eigenvalue weighted by atomic mass is 16.5. The zero-order chi connectivity index (χ0) is 17.8. The first-order valence-corrected chi connectivity index (χ1v) is 10.1. The van der Waals surface area contributed by atoms with E-state index in [2.05, 4.69) is 14.9 Å². The zero-order valence-electron chi connectivity index (χ0n) is 15.4. The van der Waals surface area contributed by atoms with Gasteiger partial charge >= 0.3 is 0 Å². The standard InChI is InChI=1S/C20H29N3O3/c24-19(13-16-3-1-2-4-16)23-10-6-20(7-11-23)14-17(5-12-25-20)26-18-15-21-8-9-22-18/h8-9,15-17H,1-7,10-14H2. The summed E-state index contributed by atoms with van der Waals surface area (Å²) in [5.74, 6) is 1.54. The van der Waals surface area contributed by atoms with Crippen molar-refractivity contribution in [3.63, 3.8) is 0 Å². The minimum Gasteiger partial charge on any atom is -0.473 e. The summed E-state index contributed by atoms with van der Waals surface area (Å²) >= 11 is 0. The van der Waals surface area contributed by atoms with Crippen LogP contribution >= 0.6 is 0 Å². The molecule has 0 N–H and O–H groups in total. The fourth-order valence-electron chi connectivity index (χ4n) is 4.70. The number of ether oxygens (including phenoxy) is 2. The molecule has 4 rings (SSSR count). The van der Waals surface area contributed by atoms with Gasteiger partial charge < -0.3 is 14.4 Å². The number of piperidine rings is 1. The van der Waals surface area contributed by atoms with Gasteiger partial charge in [0.25, 0.3) is 0 Å². The molecule has 1 aromatic rings. The van der Waals surface area contributed by atoms with Crippen LogP contribution in [0.5, 0.6) is 5.88 Å². The molecule has 1 aliphatic carbocycles. The second kappa shape index (κ2) is 7.91. The van der Waals surface area contributed by atoms with Gasteiger partial charge in [0.1, 0.15) is 6.10 Å². The lowest BCUT2D eigenvalue weighted by molar-refractivity contribution is -0.152. The summed E-state index contributed by atoms with van der Waals surface area (Å²) in [5, 5.41) is 0. The Bertz CT molecular complexity index is 596. The third-order valence-corrected chi connectivity index (χ3v) is 6.24. The summed E-state index contributed by atoms with van der Waals surface area (Å²) in [6.07, 6.45) is 14.4. The number of aromatic nitrogens is 2. The summed E-state index contributed by atoms with van der Waals surface area (Å²) < 4.78 is 12.2. The van der Waals surface area contributed by atoms with Crippen molar-refractivity contribution in [1.82, 2.24) is 14.9 Å². The Hall–Kier alpha value is -1.69. The van der Waals surface area contributed by atoms with Crippen LogP contribution in [-0.4, -0.2) is 52.2 Å². The molecular formula is C20H29N3O3. The average molecular weight is 359 g/mol. The second-order valence-corrected chi connectivity index (χ2v) is 8.04. The monoisotopic (exact) mass is 359 g/mol. The summed E-state index contributed by atoms with van der Waals surface area (Å²) in [6.45, 7) is 2.33. The quantitative estimate of drug-likeness (QED) is 0.827. The molecule has 6 nitrogen and oxygen atoms in total. The van der Waals surface area contributed by atoms with Gasteiger partial charge in [-0.05, 0) is 31.6 Å². The summed E-state index contributed by atoms with van der Waals surface area (Å²) in [5.41, 5.74) is -0.144. The predicted molar refractivity (Wildman–Crippen MR) is 96.8 cm³/mol. The molecule has 0 bridgehead atoms. The molecule has 1 aromatic heterocycles. The molecule has 3 fully saturated rings. The van der Waals surface area contributed by atoms with Crippen LogP contribution in [0.15, 0.2) is 18.6 Å². The van der Waals surface area contributed by atoms with Gasteiger partial charge in [0.2, 0.25) is 11.8 Å². The molecule has 1 unspecified atom stereocenters. The normalized spacial score (nSPS) is 26.2. The number of carbonyl (C=O) groups excluding carboxylic acids is 1. The van der Waals surface area contributed by atoms with Crippen LogP contribution < -0.4 is 4.74 Å². The van der Waals surface area contributed by atoms with Gasteiger partial charge in [-0.2, -0.15) is 0 Å². The first-order valence-electron chi connectivity index (χ1n) is 10.1. The van der Waals surface area contributed by atoms with Crippen LogP contribution in [0.3, 0.4) is 0 Å². The molecule has 1 amide bonds. The van der Waals surface area contributed by atoms with Crippen LogP contribution in [-0.2, 0) is 9.53 Å². The highest BCUT2D eigenvalue weighted by Crippen LogP contribution is 2.37. The number of rotatable bonds is 4. The maximum atomic E-state index is 12.6. The van der Waals surface area contributed by atoms with Gasteiger partial charge in [-0.3, -0.25) is 9.78 Å². The predicted octanol–water partition coefficient (Wildman–Crippen LogP) is 2.98. The number of nitrogens with zero attached hydrogens (tertiary/aromatic N) is 3. The number of likely N-dealkylation sites (tertiary alicyclic amines) is 1. The average Bonchev–Trinajstić information content (AvgIpc) is 3.16. The topological polar surface area (TPSA) is 64.6 Å². The van der Waals surface area contributed by atoms with E-state index in [0.29, 0.717) is 24.3 Å². The maximum absolute atomic E-state index is 12.6. The number of hydrogen-bond acceptors (Lipinski definition) is 5. The van der Waals surface area contributed by atoms with Crippen molar-refractivity contribution in [3.8, 4) is 5.88 Å². The molecule has 3 heterocycles. The van der Waals surface area contributed by atoms with Crippen molar-refractivity contribution in [2.24, 2.45) is 5.92 Å². The van der Waals surface area contributed by atoms with E-state index < -0.39 is 0 Å². The van der Waals surface area contributed by atoms with Crippen LogP contribution in [0.4, 0.5) is 0 Å². The minimum absolute atomic E-state index is 0.112. The molecule has 2 aliphatic heterocycles. The lowest BCUT2D eigenvalue weighted by Crippen LogP contribution is -2.52. The minimum atomic E-state index is -0.144. The van der Waals surface area contributed by atoms with Crippen LogP contribution in [0.1, 0.15) is 57.8 Å². The second-order valence-electron chi connectivity index (χ2n) is 8.04. The van der Waals surface area contributed by atoms with Crippen molar-refractivity contribution in [2.75, 3.05) is 19.7 Å². The first kappa shape index (κ1) is 17.7. The molecule has 3 aliphatic rings. The van der Waals surface area contributed by atoms with Gasteiger partial charge in [0.15, 0.2) is 0 Å². The fraction of sp³-hybridized carbons (Fsp3) is 0.750. The van der Waals surface area contributed by atoms with Crippen molar-refractivity contribution < 1.29 is 14.3 Å². The van der Waals surface area contributed by atoms with Gasteiger partial charge in [0.05, 0.1) is 18.4 Å². The van der Waals surface area contributed by atoms with Gasteiger partial charge in [0, 0.05) is 44.7 Å². The smallest absolute Gasteiger partial charge is 0.232 e. The van der Waals surface area contributed by atoms with E-state index >= 15 is 0 Å². The van der Waals surface area contributed by atoms with E-state index in [0.717, 1.165) is 45.2 Å². The van der Waals surface area contributed by atoms with Gasteiger partial charge in [-0.1, -0.05) is 12.8 Å². The Labute approximate surface area is 155 Å². The van der Waals surface area contributed by atoms with E-state index in [1.165, 1.54) is 25.7 Å². The summed E-state index contributed by atoms with van der Waals surface area (Å²) in [6, 6.07) is 0. The Balaban J connectivity index is 1.29. The Morgan fingerprint density at radius 2 is 2.04 bits per heavy atom. The lowest BCUT2D eigenvalue weighted by Gasteiger charge is -2.46. The van der Waals surface area contributed by atoms with E-state index in [1.807, 2.05) is 0 Å². The van der Waals surface area contributed by atoms with Crippen molar-refractivity contribution in [2.45, 2.75) is 69.5 Å². The maximum Gasteiger partial charge on any atom is 0.232 e. The van der Waals surface area contributed by atoms with E-state index in [1.54, 1.807) is 18.6 Å². The molecule has 142 valence electrons. The Kier molecular flexibility index (Phi) is 5.38. The lowest BCUT2D eigenvalue weighted by atomic mass is 9.83. The summed E-state index contributed by atoms with van der Waals surface area (Å²) in [4.78, 5) is 22.9. The van der Waals surface area contributed by atoms with Crippen LogP contribution in [0, 0.1) is 5.92 Å². The molecule has 0 aromatic carbocycles. The highest BCUT2D eigenvalue weighted by molar-refractivity contribution is 5.76. The molecule has 0 radical (unpaired) electrons. The van der Waals surface area contributed by atoms with E-state index in [4.69, 9.17) is 9.47 Å².